The Balaban J connectivity index is 1.21. The van der Waals surface area contributed by atoms with Crippen molar-refractivity contribution in [3.8, 4) is 0 Å². The van der Waals surface area contributed by atoms with E-state index in [0.717, 1.165) is 30.0 Å². The third-order valence-corrected chi connectivity index (χ3v) is 7.14. The summed E-state index contributed by atoms with van der Waals surface area (Å²) >= 11 is 7.31. The van der Waals surface area contributed by atoms with Crippen LogP contribution in [-0.4, -0.2) is 63.6 Å². The Morgan fingerprint density at radius 1 is 1.08 bits per heavy atom. The quantitative estimate of drug-likeness (QED) is 0.310. The zero-order chi connectivity index (χ0) is 25.8. The van der Waals surface area contributed by atoms with Crippen LogP contribution in [-0.2, 0) is 11.3 Å². The van der Waals surface area contributed by atoms with Gasteiger partial charge in [0.1, 0.15) is 16.8 Å². The molecule has 1 aliphatic heterocycles. The van der Waals surface area contributed by atoms with Gasteiger partial charge in [0.05, 0.1) is 11.6 Å². The van der Waals surface area contributed by atoms with Gasteiger partial charge in [-0.3, -0.25) is 4.90 Å². The summed E-state index contributed by atoms with van der Waals surface area (Å²) in [6, 6.07) is 12.6. The predicted molar refractivity (Wildman–Crippen MR) is 143 cm³/mol. The number of nitrogens with one attached hydrogen (secondary N) is 2. The number of thiazole rings is 1. The van der Waals surface area contributed by atoms with Gasteiger partial charge in [-0.25, -0.2) is 19.2 Å². The van der Waals surface area contributed by atoms with Gasteiger partial charge in [0.25, 0.3) is 0 Å². The summed E-state index contributed by atoms with van der Waals surface area (Å²) in [7, 11) is 0. The highest BCUT2D eigenvalue weighted by molar-refractivity contribution is 7.22. The molecule has 1 saturated heterocycles. The molecule has 192 valence electrons. The summed E-state index contributed by atoms with van der Waals surface area (Å²) in [4.78, 5) is 29.1. The number of carbonyl (C=O) groups is 1. The maximum absolute atomic E-state index is 13.5. The smallest absolute Gasteiger partial charge is 0.409 e. The third kappa shape index (κ3) is 6.07. The Hall–Kier alpha value is -3.54. The van der Waals surface area contributed by atoms with Crippen LogP contribution in [0.15, 0.2) is 48.8 Å². The topological polar surface area (TPSA) is 95.5 Å². The van der Waals surface area contributed by atoms with E-state index < -0.39 is 5.82 Å². The Morgan fingerprint density at radius 2 is 1.84 bits per heavy atom. The fraction of sp³-hybridized carbons (Fsp3) is 0.280. The minimum Gasteiger partial charge on any atom is -0.450 e. The van der Waals surface area contributed by atoms with E-state index in [9.17, 15) is 9.18 Å². The highest BCUT2D eigenvalue weighted by Gasteiger charge is 2.21. The Bertz CT molecular complexity index is 1390. The number of hydrogen-bond donors (Lipinski definition) is 2. The van der Waals surface area contributed by atoms with Gasteiger partial charge in [-0.05, 0) is 42.8 Å². The molecule has 2 N–H and O–H groups in total. The fourth-order valence-corrected chi connectivity index (χ4v) is 5.05. The lowest BCUT2D eigenvalue weighted by molar-refractivity contribution is 0.0778. The lowest BCUT2D eigenvalue weighted by Crippen LogP contribution is -2.48. The number of rotatable bonds is 7. The first-order valence-electron chi connectivity index (χ1n) is 11.8. The van der Waals surface area contributed by atoms with Gasteiger partial charge in [-0.2, -0.15) is 4.98 Å². The molecule has 0 bridgehead atoms. The normalized spacial score (nSPS) is 14.1. The van der Waals surface area contributed by atoms with Crippen LogP contribution < -0.4 is 10.6 Å². The molecule has 1 amide bonds. The number of anilines is 4. The molecule has 37 heavy (non-hydrogen) atoms. The van der Waals surface area contributed by atoms with Crippen molar-refractivity contribution in [2.24, 2.45) is 0 Å². The van der Waals surface area contributed by atoms with Gasteiger partial charge >= 0.3 is 6.09 Å². The number of fused-ring (bicyclic) bond motifs is 1. The van der Waals surface area contributed by atoms with Gasteiger partial charge in [0.15, 0.2) is 16.6 Å². The number of carbonyl (C=O) groups excluding carboxylic acids is 1. The number of halogens is 2. The van der Waals surface area contributed by atoms with Crippen LogP contribution in [0.3, 0.4) is 0 Å². The Morgan fingerprint density at radius 3 is 2.57 bits per heavy atom. The zero-order valence-corrected chi connectivity index (χ0v) is 21.7. The SMILES string of the molecule is CCOC(=O)N1CCN(Cc2ccc(Nc3nc4ncnc(Nc5ccc(F)c(Cl)c5)c4s3)cc2)CC1. The minimum absolute atomic E-state index is 0.0318. The van der Waals surface area contributed by atoms with Gasteiger partial charge < -0.3 is 20.3 Å². The average molecular weight is 542 g/mol. The lowest BCUT2D eigenvalue weighted by atomic mass is 10.2. The van der Waals surface area contributed by atoms with Crippen LogP contribution in [0.5, 0.6) is 0 Å². The Kier molecular flexibility index (Phi) is 7.63. The summed E-state index contributed by atoms with van der Waals surface area (Å²) in [6.45, 7) is 5.99. The summed E-state index contributed by atoms with van der Waals surface area (Å²) < 4.78 is 19.3. The van der Waals surface area contributed by atoms with Gasteiger partial charge in [-0.15, -0.1) is 0 Å². The van der Waals surface area contributed by atoms with E-state index in [1.807, 2.05) is 19.1 Å². The molecule has 0 saturated carbocycles. The van der Waals surface area contributed by atoms with Crippen molar-refractivity contribution in [1.29, 1.82) is 0 Å². The van der Waals surface area contributed by atoms with Crippen LogP contribution >= 0.6 is 22.9 Å². The summed E-state index contributed by atoms with van der Waals surface area (Å²) in [5.74, 6) is 0.0866. The van der Waals surface area contributed by atoms with Crippen LogP contribution in [0.2, 0.25) is 5.02 Å². The van der Waals surface area contributed by atoms with Gasteiger partial charge in [0.2, 0.25) is 0 Å². The summed E-state index contributed by atoms with van der Waals surface area (Å²) in [5, 5.41) is 7.20. The standard InChI is InChI=1S/C25H25ClFN7O2S/c1-2-36-25(35)34-11-9-33(10-12-34)14-16-3-5-17(6-4-16)31-24-32-23-21(37-24)22(28-15-29-23)30-18-7-8-20(27)19(26)13-18/h3-8,13,15H,2,9-12,14H2,1H3,(H2,28,29,30,31,32). The second kappa shape index (κ2) is 11.2. The largest absolute Gasteiger partial charge is 0.450 e. The molecular formula is C25H25ClFN7O2S. The van der Waals surface area contributed by atoms with E-state index in [1.165, 1.54) is 35.4 Å². The van der Waals surface area contributed by atoms with Crippen molar-refractivity contribution < 1.29 is 13.9 Å². The van der Waals surface area contributed by atoms with Crippen LogP contribution in [0.4, 0.5) is 31.5 Å². The highest BCUT2D eigenvalue weighted by Crippen LogP contribution is 2.33. The minimum atomic E-state index is -0.480. The molecule has 0 unspecified atom stereocenters. The van der Waals surface area contributed by atoms with Crippen LogP contribution in [0.25, 0.3) is 10.3 Å². The van der Waals surface area contributed by atoms with Crippen molar-refractivity contribution in [3.05, 3.63) is 65.2 Å². The zero-order valence-electron chi connectivity index (χ0n) is 20.1. The molecule has 0 spiro atoms. The third-order valence-electron chi connectivity index (χ3n) is 5.88. The number of ether oxygens (including phenoxy) is 1. The fourth-order valence-electron chi connectivity index (χ4n) is 3.99. The van der Waals surface area contributed by atoms with Crippen molar-refractivity contribution in [1.82, 2.24) is 24.8 Å². The van der Waals surface area contributed by atoms with E-state index in [1.54, 1.807) is 11.0 Å². The number of hydrogen-bond acceptors (Lipinski definition) is 9. The van der Waals surface area contributed by atoms with E-state index in [-0.39, 0.29) is 11.1 Å². The molecule has 12 heteroatoms. The predicted octanol–water partition coefficient (Wildman–Crippen LogP) is 5.64. The second-order valence-corrected chi connectivity index (χ2v) is 9.84. The maximum Gasteiger partial charge on any atom is 0.409 e. The second-order valence-electron chi connectivity index (χ2n) is 8.43. The summed E-state index contributed by atoms with van der Waals surface area (Å²) in [5.41, 5.74) is 3.27. The number of piperazine rings is 1. The number of aromatic nitrogens is 3. The molecule has 5 rings (SSSR count). The van der Waals surface area contributed by atoms with Crippen molar-refractivity contribution in [2.45, 2.75) is 13.5 Å². The molecule has 0 aliphatic carbocycles. The Labute approximate surface area is 222 Å². The number of nitrogens with zero attached hydrogens (tertiary/aromatic N) is 5. The first-order chi connectivity index (χ1) is 18.0. The molecular weight excluding hydrogens is 517 g/mol. The van der Waals surface area contributed by atoms with E-state index in [0.29, 0.717) is 42.0 Å². The number of amides is 1. The highest BCUT2D eigenvalue weighted by atomic mass is 35.5. The van der Waals surface area contributed by atoms with Crippen LogP contribution in [0, 0.1) is 5.82 Å². The molecule has 0 atom stereocenters. The first kappa shape index (κ1) is 25.1. The lowest BCUT2D eigenvalue weighted by Gasteiger charge is -2.34. The molecule has 9 nitrogen and oxygen atoms in total. The van der Waals surface area contributed by atoms with E-state index >= 15 is 0 Å². The van der Waals surface area contributed by atoms with E-state index in [2.05, 4.69) is 42.6 Å². The maximum atomic E-state index is 13.5. The van der Waals surface area contributed by atoms with E-state index in [4.69, 9.17) is 16.3 Å². The molecule has 3 heterocycles. The van der Waals surface area contributed by atoms with Crippen LogP contribution in [0.1, 0.15) is 12.5 Å². The molecule has 2 aromatic heterocycles. The van der Waals surface area contributed by atoms with Gasteiger partial charge in [-0.1, -0.05) is 35.1 Å². The average Bonchev–Trinajstić information content (AvgIpc) is 3.31. The molecule has 4 aromatic rings. The summed E-state index contributed by atoms with van der Waals surface area (Å²) in [6.07, 6.45) is 1.20. The van der Waals surface area contributed by atoms with Crippen molar-refractivity contribution in [3.63, 3.8) is 0 Å². The number of benzene rings is 2. The van der Waals surface area contributed by atoms with Crippen molar-refractivity contribution >= 4 is 61.7 Å². The molecule has 0 radical (unpaired) electrons. The first-order valence-corrected chi connectivity index (χ1v) is 13.0. The molecule has 1 fully saturated rings. The van der Waals surface area contributed by atoms with Gasteiger partial charge in [0, 0.05) is 44.1 Å². The van der Waals surface area contributed by atoms with Crippen molar-refractivity contribution in [2.75, 3.05) is 43.4 Å². The molecule has 1 aliphatic rings. The molecule has 2 aromatic carbocycles. The monoisotopic (exact) mass is 541 g/mol.